The predicted octanol–water partition coefficient (Wildman–Crippen LogP) is 4.41. The van der Waals surface area contributed by atoms with Gasteiger partial charge in [-0.1, -0.05) is 45.9 Å². The van der Waals surface area contributed by atoms with Crippen LogP contribution in [0.5, 0.6) is 0 Å². The molecule has 0 unspecified atom stereocenters. The van der Waals surface area contributed by atoms with E-state index in [1.165, 1.54) is 19.1 Å². The number of ether oxygens (including phenoxy) is 6. The third-order valence-corrected chi connectivity index (χ3v) is 16.1. The summed E-state index contributed by atoms with van der Waals surface area (Å²) in [5, 5.41) is 34.8. The summed E-state index contributed by atoms with van der Waals surface area (Å²) in [6, 6.07) is -0.841. The number of aliphatic hydroxyl groups excluding tert-OH is 2. The number of esters is 1. The van der Waals surface area contributed by atoms with E-state index in [4.69, 9.17) is 28.4 Å². The Labute approximate surface area is 416 Å². The van der Waals surface area contributed by atoms with Gasteiger partial charge >= 0.3 is 5.97 Å². The van der Waals surface area contributed by atoms with Crippen molar-refractivity contribution in [2.24, 2.45) is 29.6 Å². The van der Waals surface area contributed by atoms with Gasteiger partial charge < -0.3 is 53.5 Å². The smallest absolute Gasteiger partial charge is 0.329 e. The second-order valence-electron chi connectivity index (χ2n) is 21.2. The number of allylic oxidation sites excluding steroid dienone is 3. The molecule has 17 nitrogen and oxygen atoms in total. The number of Topliss-reactive ketones (excluding diaryl/α,β-unsaturated/α-hetero) is 2. The molecule has 5 aliphatic heterocycles. The molecule has 2 bridgehead atoms. The molecule has 5 fully saturated rings. The number of methoxy groups -OCH3 is 3. The first kappa shape index (κ1) is 57.8. The third kappa shape index (κ3) is 13.9. The number of cyclic esters (lactones) is 1. The number of hydrogen-bond acceptors (Lipinski definition) is 15. The molecule has 70 heavy (non-hydrogen) atoms. The Morgan fingerprint density at radius 1 is 0.871 bits per heavy atom. The topological polar surface area (TPSA) is 211 Å². The third-order valence-electron chi connectivity index (χ3n) is 16.1. The van der Waals surface area contributed by atoms with Crippen molar-refractivity contribution in [2.75, 3.05) is 67.3 Å². The van der Waals surface area contributed by atoms with Crippen LogP contribution in [0.1, 0.15) is 126 Å². The Balaban J connectivity index is 0.00000913. The van der Waals surface area contributed by atoms with E-state index >= 15 is 0 Å². The molecule has 6 rings (SSSR count). The van der Waals surface area contributed by atoms with E-state index in [0.29, 0.717) is 95.7 Å². The van der Waals surface area contributed by atoms with Crippen molar-refractivity contribution in [1.82, 2.24) is 14.7 Å². The fourth-order valence-electron chi connectivity index (χ4n) is 11.8. The number of fused-ring (bicyclic) bond motifs is 3. The second-order valence-corrected chi connectivity index (χ2v) is 21.2. The number of aliphatic hydroxyl groups is 3. The fourth-order valence-corrected chi connectivity index (χ4v) is 11.8. The lowest BCUT2D eigenvalue weighted by Gasteiger charge is -2.47. The number of hydrogen-bond donors (Lipinski definition) is 3. The lowest BCUT2D eigenvalue weighted by Crippen LogP contribution is -2.64. The molecule has 1 aliphatic carbocycles. The number of carbonyl (C=O) groups is 5. The maximum absolute atomic E-state index is 14.5. The molecule has 2 amide bonds. The summed E-state index contributed by atoms with van der Waals surface area (Å²) < 4.78 is 35.6. The second kappa shape index (κ2) is 26.2. The van der Waals surface area contributed by atoms with Crippen molar-refractivity contribution < 1.29 is 67.7 Å². The first-order chi connectivity index (χ1) is 32.9. The van der Waals surface area contributed by atoms with Crippen LogP contribution in [0.15, 0.2) is 23.3 Å². The Hall–Kier alpha value is -3.13. The summed E-state index contributed by atoms with van der Waals surface area (Å²) in [6.07, 6.45) is 3.54. The Kier molecular flexibility index (Phi) is 21.6. The predicted molar refractivity (Wildman–Crippen MR) is 261 cm³/mol. The minimum atomic E-state index is -2.54. The van der Waals surface area contributed by atoms with Crippen LogP contribution in [0.25, 0.3) is 0 Å². The standard InChI is InChI=1S/C52H83N3O14.CH4/c1-31-22-32(2)24-44(65-7)48-45(66-8)26-34(4)52(63,69-48)49(60)50(61)55-17-10-9-13-39(55)51(62)68-47(33(3)25-36-15-16-40(56)43(27-36)64-6)35(5)41(57)28-42(58)37(23-31)12-11-14-46(59)54-29-38(30-54)53-18-20-67-21-19-53;/h23,25,32,34-41,43-45,47-48,56-57,63H,9-22,24,26-30H2,1-8H3;1H4/b31-23+,33-25+;/t32-,34+,35+,36-,37+,39-,40+,41-,43+,44-,45-,47+,48+,52+;/m0./s1. The van der Waals surface area contributed by atoms with Crippen molar-refractivity contribution in [2.45, 2.75) is 186 Å². The number of amides is 2. The molecule has 6 aliphatic rings. The van der Waals surface area contributed by atoms with Crippen LogP contribution in [0.2, 0.25) is 0 Å². The van der Waals surface area contributed by atoms with Crippen molar-refractivity contribution in [3.05, 3.63) is 23.3 Å². The molecule has 4 saturated heterocycles. The highest BCUT2D eigenvalue weighted by molar-refractivity contribution is 6.39. The summed E-state index contributed by atoms with van der Waals surface area (Å²) >= 11 is 0. The van der Waals surface area contributed by atoms with Gasteiger partial charge in [0, 0.05) is 90.7 Å². The quantitative estimate of drug-likeness (QED) is 0.157. The van der Waals surface area contributed by atoms with Crippen LogP contribution in [-0.4, -0.2) is 187 Å². The zero-order valence-corrected chi connectivity index (χ0v) is 42.6. The molecule has 0 radical (unpaired) electrons. The number of likely N-dealkylation sites (tertiary alicyclic amines) is 1. The highest BCUT2D eigenvalue weighted by Crippen LogP contribution is 2.39. The van der Waals surface area contributed by atoms with E-state index in [-0.39, 0.29) is 69.3 Å². The van der Waals surface area contributed by atoms with Gasteiger partial charge in [-0.15, -0.1) is 0 Å². The summed E-state index contributed by atoms with van der Waals surface area (Å²) in [5.41, 5.74) is 1.56. The average Bonchev–Trinajstić information content (AvgIpc) is 3.32. The summed E-state index contributed by atoms with van der Waals surface area (Å²) in [4.78, 5) is 76.7. The number of piperidine rings is 1. The van der Waals surface area contributed by atoms with Crippen molar-refractivity contribution in [3.8, 4) is 0 Å². The molecule has 398 valence electrons. The number of carbonyl (C=O) groups excluding carboxylic acids is 5. The Morgan fingerprint density at radius 2 is 1.54 bits per heavy atom. The largest absolute Gasteiger partial charge is 0.456 e. The lowest BCUT2D eigenvalue weighted by molar-refractivity contribution is -0.302. The Morgan fingerprint density at radius 3 is 2.21 bits per heavy atom. The molecule has 17 heteroatoms. The van der Waals surface area contributed by atoms with Crippen LogP contribution in [0.3, 0.4) is 0 Å². The van der Waals surface area contributed by atoms with E-state index < -0.39 is 83.9 Å². The molecular formula is C53H87N3O14. The van der Waals surface area contributed by atoms with Gasteiger partial charge in [-0.3, -0.25) is 24.1 Å². The van der Waals surface area contributed by atoms with Crippen molar-refractivity contribution in [1.29, 1.82) is 0 Å². The van der Waals surface area contributed by atoms with E-state index in [1.807, 2.05) is 37.8 Å². The van der Waals surface area contributed by atoms with Crippen molar-refractivity contribution >= 4 is 29.4 Å². The lowest BCUT2D eigenvalue weighted by atomic mass is 9.81. The first-order valence-corrected chi connectivity index (χ1v) is 25.8. The maximum Gasteiger partial charge on any atom is 0.329 e. The number of morpholine rings is 1. The van der Waals surface area contributed by atoms with E-state index in [9.17, 15) is 39.3 Å². The fraction of sp³-hybridized carbons (Fsp3) is 0.830. The zero-order valence-electron chi connectivity index (χ0n) is 42.6. The van der Waals surface area contributed by atoms with Crippen molar-refractivity contribution in [3.63, 3.8) is 0 Å². The monoisotopic (exact) mass is 990 g/mol. The van der Waals surface area contributed by atoms with Gasteiger partial charge in [-0.25, -0.2) is 4.79 Å². The van der Waals surface area contributed by atoms with Gasteiger partial charge in [0.2, 0.25) is 11.7 Å². The summed E-state index contributed by atoms with van der Waals surface area (Å²) in [7, 11) is 4.61. The van der Waals surface area contributed by atoms with Crippen LogP contribution in [0.4, 0.5) is 0 Å². The minimum Gasteiger partial charge on any atom is -0.456 e. The molecule has 0 spiro atoms. The van der Waals surface area contributed by atoms with Gasteiger partial charge in [0.05, 0.1) is 43.7 Å². The molecule has 0 aromatic carbocycles. The summed E-state index contributed by atoms with van der Waals surface area (Å²) in [5.74, 6) is -8.04. The zero-order chi connectivity index (χ0) is 50.2. The Bertz CT molecular complexity index is 1830. The molecular weight excluding hydrogens is 903 g/mol. The normalized spacial score (nSPS) is 38.3. The molecule has 3 N–H and O–H groups in total. The van der Waals surface area contributed by atoms with Gasteiger partial charge in [-0.05, 0) is 102 Å². The van der Waals surface area contributed by atoms with Crippen LogP contribution in [0, 0.1) is 29.6 Å². The number of ketones is 2. The van der Waals surface area contributed by atoms with E-state index in [0.717, 1.165) is 18.7 Å². The first-order valence-electron chi connectivity index (χ1n) is 25.8. The van der Waals surface area contributed by atoms with Gasteiger partial charge in [0.15, 0.2) is 0 Å². The molecule has 5 heterocycles. The minimum absolute atomic E-state index is 0. The number of rotatable bonds is 10. The SMILES string of the molecule is C.CO[C@H]1C[C@@H](C)C/C(C)=C/[C@@H](CCCC(=O)N2CC(N3CCOCC3)C2)C(=O)C[C@H](O)[C@@H](C)[C@@H](/C(C)=C/[C@@H]2CC[C@@H](O)[C@H](OC)C2)OC(=O)[C@@H]2CCCCN2C(=O)C(=O)[C@]2(O)O[C@H]1[C@@H](OC)C[C@H]2C. The molecule has 14 atom stereocenters. The van der Waals surface area contributed by atoms with Gasteiger partial charge in [0.1, 0.15) is 24.0 Å². The highest BCUT2D eigenvalue weighted by Gasteiger charge is 2.56. The molecule has 0 aromatic heterocycles. The van der Waals surface area contributed by atoms with E-state index in [1.54, 1.807) is 21.0 Å². The summed E-state index contributed by atoms with van der Waals surface area (Å²) in [6.45, 7) is 13.7. The van der Waals surface area contributed by atoms with Crippen LogP contribution < -0.4 is 0 Å². The van der Waals surface area contributed by atoms with Gasteiger partial charge in [-0.2, -0.15) is 0 Å². The van der Waals surface area contributed by atoms with Crippen LogP contribution in [-0.2, 0) is 52.4 Å². The van der Waals surface area contributed by atoms with Crippen LogP contribution >= 0.6 is 0 Å². The van der Waals surface area contributed by atoms with E-state index in [2.05, 4.69) is 4.90 Å². The van der Waals surface area contributed by atoms with Gasteiger partial charge in [0.25, 0.3) is 11.7 Å². The average molecular weight is 990 g/mol. The molecule has 1 saturated carbocycles. The molecule has 0 aromatic rings. The number of nitrogens with zero attached hydrogens (tertiary/aromatic N) is 3. The highest BCUT2D eigenvalue weighted by atomic mass is 16.7. The maximum atomic E-state index is 14.5.